The molecule has 0 saturated carbocycles. The first kappa shape index (κ1) is 20.9. The zero-order valence-corrected chi connectivity index (χ0v) is 17.8. The largest absolute Gasteiger partial charge is 0.497 e. The molecule has 3 rings (SSSR count). The van der Waals surface area contributed by atoms with Gasteiger partial charge in [-0.3, -0.25) is 0 Å². The smallest absolute Gasteiger partial charge is 0.318 e. The lowest BCUT2D eigenvalue weighted by atomic mass is 9.92. The molecule has 0 bridgehead atoms. The van der Waals surface area contributed by atoms with Crippen molar-refractivity contribution in [3.63, 3.8) is 0 Å². The van der Waals surface area contributed by atoms with E-state index in [1.165, 1.54) is 0 Å². The number of rotatable bonds is 7. The summed E-state index contributed by atoms with van der Waals surface area (Å²) in [5, 5.41) is 0.368. The molecule has 0 spiro atoms. The molecular formula is C21H26ClN5O2. The molecule has 0 aliphatic carbocycles. The van der Waals surface area contributed by atoms with Gasteiger partial charge in [-0.2, -0.15) is 4.98 Å². The van der Waals surface area contributed by atoms with Gasteiger partial charge in [-0.1, -0.05) is 24.8 Å². The van der Waals surface area contributed by atoms with Crippen LogP contribution >= 0.6 is 11.6 Å². The summed E-state index contributed by atoms with van der Waals surface area (Å²) < 4.78 is 10.6. The number of allylic oxidation sites excluding steroid dienone is 3. The number of hydrogen-bond donors (Lipinski definition) is 1. The molecule has 3 heterocycles. The van der Waals surface area contributed by atoms with Gasteiger partial charge in [0.25, 0.3) is 0 Å². The summed E-state index contributed by atoms with van der Waals surface area (Å²) in [4.78, 5) is 18.8. The number of ether oxygens (including phenoxy) is 2. The fraction of sp³-hybridized carbons (Fsp3) is 0.381. The molecule has 1 N–H and O–H groups in total. The van der Waals surface area contributed by atoms with Crippen molar-refractivity contribution in [3.8, 4) is 6.01 Å². The minimum absolute atomic E-state index is 0.307. The molecule has 1 fully saturated rings. The van der Waals surface area contributed by atoms with Crippen LogP contribution in [0.3, 0.4) is 0 Å². The van der Waals surface area contributed by atoms with Crippen molar-refractivity contribution in [2.75, 3.05) is 32.2 Å². The Morgan fingerprint density at radius 3 is 2.55 bits per heavy atom. The van der Waals surface area contributed by atoms with Crippen LogP contribution in [0, 0.1) is 6.92 Å². The number of aryl methyl sites for hydroxylation is 1. The third-order valence-corrected chi connectivity index (χ3v) is 5.23. The standard InChI is InChI=1S/C21H26ClN5O2/c1-13(22)10-17(15(3)28-4)18-11-23-21(29-5)26-20(18)27-8-6-16(7-9-27)19-14(2)24-12-25-19/h10-12,16H,1,3,6-9H2,2,4-5H3,(H,24,25)/b17-10+. The van der Waals surface area contributed by atoms with E-state index in [0.29, 0.717) is 28.3 Å². The van der Waals surface area contributed by atoms with Gasteiger partial charge in [0, 0.05) is 47.1 Å². The molecule has 0 radical (unpaired) electrons. The molecule has 2 aromatic rings. The van der Waals surface area contributed by atoms with E-state index in [9.17, 15) is 0 Å². The number of anilines is 1. The second-order valence-electron chi connectivity index (χ2n) is 6.90. The van der Waals surface area contributed by atoms with E-state index in [2.05, 4.69) is 44.9 Å². The van der Waals surface area contributed by atoms with Crippen LogP contribution in [-0.2, 0) is 4.74 Å². The Morgan fingerprint density at radius 1 is 1.28 bits per heavy atom. The van der Waals surface area contributed by atoms with Gasteiger partial charge in [0.15, 0.2) is 0 Å². The Balaban J connectivity index is 1.93. The summed E-state index contributed by atoms with van der Waals surface area (Å²) in [6.07, 6.45) is 7.13. The zero-order valence-electron chi connectivity index (χ0n) is 17.0. The molecule has 7 nitrogen and oxygen atoms in total. The van der Waals surface area contributed by atoms with Crippen molar-refractivity contribution >= 4 is 23.0 Å². The highest BCUT2D eigenvalue weighted by atomic mass is 35.5. The van der Waals surface area contributed by atoms with E-state index in [-0.39, 0.29) is 0 Å². The quantitative estimate of drug-likeness (QED) is 0.539. The van der Waals surface area contributed by atoms with Gasteiger partial charge < -0.3 is 19.4 Å². The van der Waals surface area contributed by atoms with Crippen LogP contribution < -0.4 is 9.64 Å². The molecule has 0 amide bonds. The average Bonchev–Trinajstić information content (AvgIpc) is 3.17. The van der Waals surface area contributed by atoms with Crippen molar-refractivity contribution in [2.45, 2.75) is 25.7 Å². The minimum Gasteiger partial charge on any atom is -0.497 e. The Bertz CT molecular complexity index is 929. The van der Waals surface area contributed by atoms with E-state index in [4.69, 9.17) is 21.1 Å². The number of aromatic nitrogens is 4. The Hall–Kier alpha value is -2.80. The number of aromatic amines is 1. The molecule has 154 valence electrons. The van der Waals surface area contributed by atoms with E-state index in [1.54, 1.807) is 32.8 Å². The average molecular weight is 416 g/mol. The first-order valence-electron chi connectivity index (χ1n) is 9.40. The predicted molar refractivity (Wildman–Crippen MR) is 115 cm³/mol. The number of imidazole rings is 1. The molecule has 0 atom stereocenters. The minimum atomic E-state index is 0.307. The SMILES string of the molecule is C=C(Cl)/C=C(\C(=C)OC)c1cnc(OC)nc1N1CCC(c2nc[nH]c2C)CC1. The number of hydrogen-bond acceptors (Lipinski definition) is 6. The third kappa shape index (κ3) is 4.62. The maximum absolute atomic E-state index is 6.05. The molecule has 0 unspecified atom stereocenters. The van der Waals surface area contributed by atoms with Crippen LogP contribution in [-0.4, -0.2) is 47.2 Å². The number of nitrogens with one attached hydrogen (secondary N) is 1. The molecule has 29 heavy (non-hydrogen) atoms. The normalized spacial score (nSPS) is 15.3. The van der Waals surface area contributed by atoms with Gasteiger partial charge in [-0.15, -0.1) is 0 Å². The van der Waals surface area contributed by atoms with E-state index < -0.39 is 0 Å². The highest BCUT2D eigenvalue weighted by molar-refractivity contribution is 6.31. The summed E-state index contributed by atoms with van der Waals surface area (Å²) in [5.74, 6) is 1.65. The van der Waals surface area contributed by atoms with Crippen LogP contribution in [0.1, 0.15) is 35.7 Å². The summed E-state index contributed by atoms with van der Waals surface area (Å²) in [5.41, 5.74) is 3.75. The summed E-state index contributed by atoms with van der Waals surface area (Å²) in [7, 11) is 3.12. The van der Waals surface area contributed by atoms with Gasteiger partial charge >= 0.3 is 6.01 Å². The molecule has 2 aromatic heterocycles. The Morgan fingerprint density at radius 2 is 2.00 bits per heavy atom. The first-order valence-corrected chi connectivity index (χ1v) is 9.78. The first-order chi connectivity index (χ1) is 13.9. The van der Waals surface area contributed by atoms with Gasteiger partial charge in [-0.25, -0.2) is 9.97 Å². The number of H-pyrrole nitrogens is 1. The molecule has 1 aliphatic rings. The maximum Gasteiger partial charge on any atom is 0.318 e. The molecular weight excluding hydrogens is 390 g/mol. The van der Waals surface area contributed by atoms with Crippen molar-refractivity contribution in [1.82, 2.24) is 19.9 Å². The fourth-order valence-electron chi connectivity index (χ4n) is 3.61. The number of piperidine rings is 1. The highest BCUT2D eigenvalue weighted by Crippen LogP contribution is 2.36. The molecule has 1 aliphatic heterocycles. The summed E-state index contributed by atoms with van der Waals surface area (Å²) in [6.45, 7) is 11.5. The molecule has 1 saturated heterocycles. The van der Waals surface area contributed by atoms with Gasteiger partial charge in [-0.05, 0) is 25.8 Å². The highest BCUT2D eigenvalue weighted by Gasteiger charge is 2.27. The molecule has 8 heteroatoms. The number of halogens is 1. The predicted octanol–water partition coefficient (Wildman–Crippen LogP) is 4.20. The summed E-state index contributed by atoms with van der Waals surface area (Å²) >= 11 is 6.05. The van der Waals surface area contributed by atoms with Gasteiger partial charge in [0.2, 0.25) is 0 Å². The molecule has 0 aromatic carbocycles. The van der Waals surface area contributed by atoms with Crippen molar-refractivity contribution in [2.24, 2.45) is 0 Å². The van der Waals surface area contributed by atoms with E-state index in [0.717, 1.165) is 48.7 Å². The lowest BCUT2D eigenvalue weighted by molar-refractivity contribution is 0.313. The Kier molecular flexibility index (Phi) is 6.59. The Labute approximate surface area is 176 Å². The van der Waals surface area contributed by atoms with Crippen LogP contribution in [0.15, 0.2) is 42.5 Å². The number of methoxy groups -OCH3 is 2. The number of nitrogens with zero attached hydrogens (tertiary/aromatic N) is 4. The lowest BCUT2D eigenvalue weighted by Crippen LogP contribution is -2.34. The van der Waals surface area contributed by atoms with Gasteiger partial charge in [0.05, 0.1) is 26.2 Å². The van der Waals surface area contributed by atoms with E-state index in [1.807, 2.05) is 0 Å². The van der Waals surface area contributed by atoms with Crippen LogP contribution in [0.2, 0.25) is 0 Å². The van der Waals surface area contributed by atoms with Crippen LogP contribution in [0.4, 0.5) is 5.82 Å². The fourth-order valence-corrected chi connectivity index (χ4v) is 3.72. The van der Waals surface area contributed by atoms with Crippen molar-refractivity contribution in [3.05, 3.63) is 59.5 Å². The second kappa shape index (κ2) is 9.13. The van der Waals surface area contributed by atoms with Crippen molar-refractivity contribution in [1.29, 1.82) is 0 Å². The third-order valence-electron chi connectivity index (χ3n) is 5.12. The monoisotopic (exact) mass is 415 g/mol. The second-order valence-corrected chi connectivity index (χ2v) is 7.39. The van der Waals surface area contributed by atoms with E-state index >= 15 is 0 Å². The van der Waals surface area contributed by atoms with Crippen LogP contribution in [0.5, 0.6) is 6.01 Å². The van der Waals surface area contributed by atoms with Gasteiger partial charge in [0.1, 0.15) is 11.6 Å². The maximum atomic E-state index is 6.05. The summed E-state index contributed by atoms with van der Waals surface area (Å²) in [6, 6.07) is 0.307. The zero-order chi connectivity index (χ0) is 21.0. The lowest BCUT2D eigenvalue weighted by Gasteiger charge is -2.33. The van der Waals surface area contributed by atoms with Crippen molar-refractivity contribution < 1.29 is 9.47 Å². The topological polar surface area (TPSA) is 76.2 Å². The van der Waals surface area contributed by atoms with Crippen LogP contribution in [0.25, 0.3) is 5.57 Å².